The van der Waals surface area contributed by atoms with Gasteiger partial charge in [-0.15, -0.1) is 0 Å². The first-order valence-electron chi connectivity index (χ1n) is 25.0. The molecule has 4 aromatic carbocycles. The number of anilines is 2. The first-order chi connectivity index (χ1) is 36.7. The Labute approximate surface area is 527 Å². The Kier molecular flexibility index (Phi) is 30.4. The molecule has 2 aliphatic heterocycles. The Morgan fingerprint density at radius 1 is 0.575 bits per heavy atom. The molecule has 432 valence electrons. The van der Waals surface area contributed by atoms with Gasteiger partial charge in [-0.2, -0.15) is 8.61 Å². The van der Waals surface area contributed by atoms with Crippen molar-refractivity contribution in [2.45, 2.75) is 99.7 Å². The molecule has 6 rings (SSSR count). The molecule has 0 unspecified atom stereocenters. The molecule has 0 radical (unpaired) electrons. The zero-order valence-corrected chi connectivity index (χ0v) is 52.9. The minimum absolute atomic E-state index is 0. The van der Waals surface area contributed by atoms with E-state index in [2.05, 4.69) is 10.6 Å². The zero-order chi connectivity index (χ0) is 57.3. The predicted molar refractivity (Wildman–Crippen MR) is 291 cm³/mol. The van der Waals surface area contributed by atoms with E-state index in [1.807, 2.05) is 0 Å². The number of hydrogen-bond acceptors (Lipinski definition) is 20. The summed E-state index contributed by atoms with van der Waals surface area (Å²) in [6.45, 7) is 7.33. The monoisotopic (exact) mass is 1250 g/mol. The minimum atomic E-state index is -5.62. The molecule has 2 aliphatic rings. The summed E-state index contributed by atoms with van der Waals surface area (Å²) >= 11 is 0. The number of rotatable bonds is 26. The molecule has 2 amide bonds. The average molecular weight is 1250 g/mol. The predicted octanol–water partition coefficient (Wildman–Crippen LogP) is 1.75. The van der Waals surface area contributed by atoms with Crippen molar-refractivity contribution >= 4 is 135 Å². The number of ether oxygens (including phenoxy) is 4. The van der Waals surface area contributed by atoms with E-state index in [0.29, 0.717) is 48.6 Å². The van der Waals surface area contributed by atoms with E-state index in [4.69, 9.17) is 39.5 Å². The molecule has 2 heterocycles. The van der Waals surface area contributed by atoms with Crippen LogP contribution in [0.15, 0.2) is 119 Å². The number of phosphoric acid groups is 2. The summed E-state index contributed by atoms with van der Waals surface area (Å²) in [5, 5.41) is 5.19. The number of alkyl carbamates (subject to hydrolysis) is 2. The van der Waals surface area contributed by atoms with Crippen molar-refractivity contribution in [2.24, 2.45) is 11.8 Å². The number of amides is 2. The molecular formula is C50H68Ca2N6O18P2S2. The molecule has 0 saturated carbocycles. The summed E-state index contributed by atoms with van der Waals surface area (Å²) in [7, 11) is -19.6. The maximum absolute atomic E-state index is 13.6. The number of nitrogens with two attached hydrogens (primary N) is 2. The molecule has 2 fully saturated rings. The second-order valence-corrected chi connectivity index (χ2v) is 25.5. The van der Waals surface area contributed by atoms with Crippen LogP contribution in [0.5, 0.6) is 0 Å². The van der Waals surface area contributed by atoms with Crippen LogP contribution in [0.4, 0.5) is 21.0 Å². The molecule has 6 N–H and O–H groups in total. The smallest absolute Gasteiger partial charge is 0.790 e. The molecule has 4 aromatic rings. The summed E-state index contributed by atoms with van der Waals surface area (Å²) in [4.78, 5) is 72.7. The first-order valence-corrected chi connectivity index (χ1v) is 30.8. The van der Waals surface area contributed by atoms with Crippen LogP contribution in [0.3, 0.4) is 0 Å². The Hall–Kier alpha value is -2.50. The Balaban J connectivity index is 0.000000410. The second kappa shape index (κ2) is 33.8. The van der Waals surface area contributed by atoms with Crippen LogP contribution in [-0.4, -0.2) is 202 Å². The van der Waals surface area contributed by atoms with Gasteiger partial charge in [0, 0.05) is 50.4 Å². The van der Waals surface area contributed by atoms with E-state index < -0.39 is 97.5 Å². The summed E-state index contributed by atoms with van der Waals surface area (Å²) < 4.78 is 111. The molecule has 30 heteroatoms. The van der Waals surface area contributed by atoms with E-state index in [1.54, 1.807) is 88.4 Å². The molecule has 80 heavy (non-hydrogen) atoms. The van der Waals surface area contributed by atoms with Crippen LogP contribution < -0.4 is 41.7 Å². The maximum atomic E-state index is 13.6. The van der Waals surface area contributed by atoms with Crippen LogP contribution in [0.25, 0.3) is 0 Å². The molecule has 0 aliphatic carbocycles. The van der Waals surface area contributed by atoms with E-state index in [9.17, 15) is 55.1 Å². The number of carbonyl (C=O) groups is 2. The summed E-state index contributed by atoms with van der Waals surface area (Å²) in [5.41, 5.74) is 13.5. The van der Waals surface area contributed by atoms with E-state index in [1.165, 1.54) is 48.5 Å². The minimum Gasteiger partial charge on any atom is -0.790 e. The fraction of sp³-hybridized carbons (Fsp3) is 0.480. The Morgan fingerprint density at radius 2 is 0.900 bits per heavy atom. The fourth-order valence-electron chi connectivity index (χ4n) is 8.31. The van der Waals surface area contributed by atoms with Crippen molar-refractivity contribution in [3.8, 4) is 0 Å². The number of nitrogens with zero attached hydrogens (tertiary/aromatic N) is 2. The molecule has 24 nitrogen and oxygen atoms in total. The Bertz CT molecular complexity index is 2640. The molecular weight excluding hydrogens is 1180 g/mol. The van der Waals surface area contributed by atoms with Crippen LogP contribution in [-0.2, 0) is 70.0 Å². The van der Waals surface area contributed by atoms with Crippen LogP contribution >= 0.6 is 15.6 Å². The second-order valence-electron chi connectivity index (χ2n) is 19.4. The number of benzene rings is 4. The quantitative estimate of drug-likeness (QED) is 0.0395. The van der Waals surface area contributed by atoms with Crippen molar-refractivity contribution in [1.29, 1.82) is 0 Å². The molecule has 0 aromatic heterocycles. The van der Waals surface area contributed by atoms with Gasteiger partial charge in [0.2, 0.25) is 20.0 Å². The van der Waals surface area contributed by atoms with Crippen molar-refractivity contribution in [1.82, 2.24) is 19.2 Å². The van der Waals surface area contributed by atoms with Gasteiger partial charge in [-0.1, -0.05) is 88.4 Å². The molecule has 0 spiro atoms. The van der Waals surface area contributed by atoms with Crippen molar-refractivity contribution in [3.05, 3.63) is 120 Å². The SMILES string of the molecule is CC(C)CN(C[C@@H](OP(=O)([O-])[O-])[C@H](Cc1ccccc1)NC(=O)O[C@H]1CCOC1)S(=O)(=O)c1ccc(N)cc1.CC(C)CN(C[C@@H](OP(=O)([O-])[O-])[C@H](Cc1ccccc1)NC(=O)O[C@H]1CCOC1)S(=O)(=O)c1ccc(N)cc1.[Ca+2].[Ca+2]. The fourth-order valence-corrected chi connectivity index (χ4v) is 12.6. The third-order valence-electron chi connectivity index (χ3n) is 11.9. The van der Waals surface area contributed by atoms with E-state index in [-0.39, 0.29) is 136 Å². The normalized spacial score (nSPS) is 17.3. The molecule has 0 bridgehead atoms. The van der Waals surface area contributed by atoms with Crippen LogP contribution in [0.1, 0.15) is 51.7 Å². The number of phosphoric ester groups is 2. The largest absolute Gasteiger partial charge is 2.00 e. The van der Waals surface area contributed by atoms with Gasteiger partial charge in [-0.05, 0) is 84.3 Å². The summed E-state index contributed by atoms with van der Waals surface area (Å²) in [6, 6.07) is 26.3. The third-order valence-corrected chi connectivity index (χ3v) is 16.6. The van der Waals surface area contributed by atoms with Gasteiger partial charge in [0.05, 0.1) is 76.2 Å². The van der Waals surface area contributed by atoms with Gasteiger partial charge in [0.15, 0.2) is 0 Å². The number of nitrogens with one attached hydrogen (secondary N) is 2. The summed E-state index contributed by atoms with van der Waals surface area (Å²) in [6.07, 6.45) is -4.82. The van der Waals surface area contributed by atoms with E-state index >= 15 is 0 Å². The number of nitrogen functional groups attached to an aromatic ring is 2. The topological polar surface area (TPSA) is 367 Å². The van der Waals surface area contributed by atoms with E-state index in [0.717, 1.165) is 8.61 Å². The third kappa shape index (κ3) is 25.0. The van der Waals surface area contributed by atoms with Crippen molar-refractivity contribution in [3.63, 3.8) is 0 Å². The van der Waals surface area contributed by atoms with Gasteiger partial charge in [-0.3, -0.25) is 0 Å². The standard InChI is InChI=1S/2C25H36N3O9PS.2Ca/c2*1-18(2)15-28(39(33,34)22-10-8-20(26)9-11-22)16-24(37-38(30,31)32)23(14-19-6-4-3-5-7-19)27-25(29)36-21-12-13-35-17-21;;/h2*3-11,18,21,23-24H,12-17,26H2,1-2H3,(H,27,29)(H2,30,31,32);;/q;;2*+2/p-4/t2*21-,23-,24+;;/m00../s1. The average Bonchev–Trinajstić information content (AvgIpc) is 4.08. The maximum Gasteiger partial charge on any atom is 2.00 e. The number of sulfonamides is 2. The Morgan fingerprint density at radius 3 is 1.18 bits per heavy atom. The zero-order valence-electron chi connectivity index (χ0n) is 45.0. The van der Waals surface area contributed by atoms with Gasteiger partial charge >= 0.3 is 87.7 Å². The molecule has 6 atom stereocenters. The van der Waals surface area contributed by atoms with Gasteiger partial charge < -0.3 is 78.8 Å². The summed E-state index contributed by atoms with van der Waals surface area (Å²) in [5.74, 6) is -0.346. The van der Waals surface area contributed by atoms with Crippen molar-refractivity contribution < 1.29 is 83.1 Å². The number of carbonyl (C=O) groups excluding carboxylic acids is 2. The van der Waals surface area contributed by atoms with Crippen molar-refractivity contribution in [2.75, 3.05) is 64.1 Å². The van der Waals surface area contributed by atoms with Gasteiger partial charge in [0.1, 0.15) is 12.2 Å². The first kappa shape index (κ1) is 71.8. The van der Waals surface area contributed by atoms with Gasteiger partial charge in [-0.25, -0.2) is 26.4 Å². The van der Waals surface area contributed by atoms with Crippen LogP contribution in [0, 0.1) is 11.8 Å². The van der Waals surface area contributed by atoms with Gasteiger partial charge in [0.25, 0.3) is 0 Å². The molecule has 2 saturated heterocycles. The van der Waals surface area contributed by atoms with Crippen LogP contribution in [0.2, 0.25) is 0 Å². The number of hydrogen-bond donors (Lipinski definition) is 4.